The summed E-state index contributed by atoms with van der Waals surface area (Å²) >= 11 is 0. The van der Waals surface area contributed by atoms with E-state index in [1.807, 2.05) is 0 Å². The lowest BCUT2D eigenvalue weighted by Gasteiger charge is -2.15. The molecule has 1 saturated heterocycles. The third-order valence-electron chi connectivity index (χ3n) is 3.15. The largest absolute Gasteiger partial charge is 0.497 e. The summed E-state index contributed by atoms with van der Waals surface area (Å²) in [5.74, 6) is 0.471. The van der Waals surface area contributed by atoms with Crippen molar-refractivity contribution >= 4 is 11.8 Å². The third kappa shape index (κ3) is 3.71. The summed E-state index contributed by atoms with van der Waals surface area (Å²) in [6, 6.07) is 6.88. The Bertz CT molecular complexity index is 474. The molecule has 2 N–H and O–H groups in total. The second kappa shape index (κ2) is 6.22. The van der Waals surface area contributed by atoms with Crippen molar-refractivity contribution in [2.24, 2.45) is 0 Å². The summed E-state index contributed by atoms with van der Waals surface area (Å²) in [5, 5.41) is 5.70. The lowest BCUT2D eigenvalue weighted by molar-refractivity contribution is -0.121. The molecule has 19 heavy (non-hydrogen) atoms. The molecule has 1 aliphatic heterocycles. The lowest BCUT2D eigenvalue weighted by atomic mass is 10.1. The van der Waals surface area contributed by atoms with Crippen molar-refractivity contribution in [3.63, 3.8) is 0 Å². The zero-order valence-electron chi connectivity index (χ0n) is 10.9. The average molecular weight is 262 g/mol. The number of amides is 2. The monoisotopic (exact) mass is 262 g/mol. The molecular formula is C14H18N2O3. The van der Waals surface area contributed by atoms with Crippen molar-refractivity contribution in [3.8, 4) is 5.75 Å². The van der Waals surface area contributed by atoms with Crippen LogP contribution in [0.1, 0.15) is 29.6 Å². The predicted octanol–water partition coefficient (Wildman–Crippen LogP) is 1.09. The van der Waals surface area contributed by atoms with Gasteiger partial charge in [-0.2, -0.15) is 0 Å². The zero-order valence-corrected chi connectivity index (χ0v) is 10.9. The van der Waals surface area contributed by atoms with Crippen molar-refractivity contribution in [2.45, 2.75) is 25.3 Å². The van der Waals surface area contributed by atoms with Crippen LogP contribution in [0, 0.1) is 0 Å². The van der Waals surface area contributed by atoms with Crippen molar-refractivity contribution < 1.29 is 14.3 Å². The number of carbonyl (C=O) groups is 2. The zero-order chi connectivity index (χ0) is 13.7. The topological polar surface area (TPSA) is 67.4 Å². The van der Waals surface area contributed by atoms with Gasteiger partial charge in [-0.1, -0.05) is 6.07 Å². The van der Waals surface area contributed by atoms with Gasteiger partial charge in [-0.15, -0.1) is 0 Å². The maximum atomic E-state index is 12.1. The van der Waals surface area contributed by atoms with Gasteiger partial charge < -0.3 is 15.4 Å². The van der Waals surface area contributed by atoms with Crippen LogP contribution in [0.5, 0.6) is 5.75 Å². The molecule has 0 radical (unpaired) electrons. The molecule has 1 unspecified atom stereocenters. The standard InChI is InChI=1S/C14H18N2O3/c1-19-12-6-2-4-10(8-12)14(18)16-11-5-3-7-15-13(17)9-11/h2,4,6,8,11H,3,5,7,9H2,1H3,(H,15,17)(H,16,18). The van der Waals surface area contributed by atoms with E-state index in [9.17, 15) is 9.59 Å². The van der Waals surface area contributed by atoms with E-state index in [2.05, 4.69) is 10.6 Å². The van der Waals surface area contributed by atoms with Gasteiger partial charge >= 0.3 is 0 Å². The van der Waals surface area contributed by atoms with Crippen LogP contribution < -0.4 is 15.4 Å². The smallest absolute Gasteiger partial charge is 0.251 e. The average Bonchev–Trinajstić information content (AvgIpc) is 2.63. The maximum Gasteiger partial charge on any atom is 0.251 e. The number of nitrogens with one attached hydrogen (secondary N) is 2. The normalized spacial score (nSPS) is 19.2. The number of rotatable bonds is 3. The van der Waals surface area contributed by atoms with Gasteiger partial charge in [0, 0.05) is 24.6 Å². The Balaban J connectivity index is 2.01. The van der Waals surface area contributed by atoms with E-state index < -0.39 is 0 Å². The van der Waals surface area contributed by atoms with Crippen LogP contribution in [0.4, 0.5) is 0 Å². The van der Waals surface area contributed by atoms with Crippen LogP contribution in [0.15, 0.2) is 24.3 Å². The highest BCUT2D eigenvalue weighted by molar-refractivity contribution is 5.95. The fourth-order valence-electron chi connectivity index (χ4n) is 2.13. The van der Waals surface area contributed by atoms with Crippen LogP contribution in [0.25, 0.3) is 0 Å². The lowest BCUT2D eigenvalue weighted by Crippen LogP contribution is -2.36. The Hall–Kier alpha value is -2.04. The highest BCUT2D eigenvalue weighted by Crippen LogP contribution is 2.13. The molecule has 0 bridgehead atoms. The first-order chi connectivity index (χ1) is 9.19. The minimum absolute atomic E-state index is 0.00607. The molecule has 2 amide bonds. The second-order valence-electron chi connectivity index (χ2n) is 4.60. The van der Waals surface area contributed by atoms with E-state index >= 15 is 0 Å². The maximum absolute atomic E-state index is 12.1. The third-order valence-corrected chi connectivity index (χ3v) is 3.15. The molecule has 1 aromatic rings. The molecule has 102 valence electrons. The summed E-state index contributed by atoms with van der Waals surface area (Å²) < 4.78 is 5.09. The molecule has 5 heteroatoms. The Morgan fingerprint density at radius 2 is 2.32 bits per heavy atom. The number of carbonyl (C=O) groups excluding carboxylic acids is 2. The van der Waals surface area contributed by atoms with Gasteiger partial charge in [0.1, 0.15) is 5.75 Å². The number of hydrogen-bond donors (Lipinski definition) is 2. The van der Waals surface area contributed by atoms with E-state index in [4.69, 9.17) is 4.74 Å². The quantitative estimate of drug-likeness (QED) is 0.857. The minimum Gasteiger partial charge on any atom is -0.497 e. The highest BCUT2D eigenvalue weighted by Gasteiger charge is 2.19. The van der Waals surface area contributed by atoms with Gasteiger partial charge in [0.05, 0.1) is 7.11 Å². The number of ether oxygens (including phenoxy) is 1. The first-order valence-electron chi connectivity index (χ1n) is 6.40. The van der Waals surface area contributed by atoms with E-state index in [0.717, 1.165) is 12.8 Å². The van der Waals surface area contributed by atoms with Gasteiger partial charge in [-0.05, 0) is 31.0 Å². The van der Waals surface area contributed by atoms with Gasteiger partial charge in [0.15, 0.2) is 0 Å². The Labute approximate surface area is 112 Å². The molecule has 1 aliphatic rings. The van der Waals surface area contributed by atoms with Crippen LogP contribution in [0.2, 0.25) is 0 Å². The van der Waals surface area contributed by atoms with Crippen LogP contribution in [-0.4, -0.2) is 31.5 Å². The SMILES string of the molecule is COc1cccc(C(=O)NC2CCCNC(=O)C2)c1. The number of benzene rings is 1. The molecular weight excluding hydrogens is 244 g/mol. The van der Waals surface area contributed by atoms with Gasteiger partial charge in [-0.25, -0.2) is 0 Å². The number of hydrogen-bond acceptors (Lipinski definition) is 3. The van der Waals surface area contributed by atoms with E-state index in [1.165, 1.54) is 0 Å². The minimum atomic E-state index is -0.168. The van der Waals surface area contributed by atoms with E-state index in [-0.39, 0.29) is 17.9 Å². The van der Waals surface area contributed by atoms with Crippen LogP contribution >= 0.6 is 0 Å². The fraction of sp³-hybridized carbons (Fsp3) is 0.429. The summed E-state index contributed by atoms with van der Waals surface area (Å²) in [4.78, 5) is 23.5. The van der Waals surface area contributed by atoms with Gasteiger partial charge in [0.2, 0.25) is 5.91 Å². The fourth-order valence-corrected chi connectivity index (χ4v) is 2.13. The van der Waals surface area contributed by atoms with Crippen molar-refractivity contribution in [1.29, 1.82) is 0 Å². The molecule has 0 aliphatic carbocycles. The van der Waals surface area contributed by atoms with Crippen molar-refractivity contribution in [3.05, 3.63) is 29.8 Å². The molecule has 0 aromatic heterocycles. The Kier molecular flexibility index (Phi) is 4.39. The molecule has 1 aromatic carbocycles. The highest BCUT2D eigenvalue weighted by atomic mass is 16.5. The molecule has 5 nitrogen and oxygen atoms in total. The number of methoxy groups -OCH3 is 1. The summed E-state index contributed by atoms with van der Waals surface area (Å²) in [5.41, 5.74) is 0.545. The summed E-state index contributed by atoms with van der Waals surface area (Å²) in [7, 11) is 1.56. The molecule has 1 fully saturated rings. The first kappa shape index (κ1) is 13.4. The van der Waals surface area contributed by atoms with E-state index in [0.29, 0.717) is 24.3 Å². The van der Waals surface area contributed by atoms with Gasteiger partial charge in [0.25, 0.3) is 5.91 Å². The van der Waals surface area contributed by atoms with Crippen LogP contribution in [-0.2, 0) is 4.79 Å². The Morgan fingerprint density at radius 3 is 3.11 bits per heavy atom. The van der Waals surface area contributed by atoms with Crippen molar-refractivity contribution in [1.82, 2.24) is 10.6 Å². The molecule has 1 atom stereocenters. The summed E-state index contributed by atoms with van der Waals surface area (Å²) in [6.45, 7) is 0.685. The molecule has 2 rings (SSSR count). The van der Waals surface area contributed by atoms with Gasteiger partial charge in [-0.3, -0.25) is 9.59 Å². The molecule has 1 heterocycles. The van der Waals surface area contributed by atoms with Crippen molar-refractivity contribution in [2.75, 3.05) is 13.7 Å². The summed E-state index contributed by atoms with van der Waals surface area (Å²) in [6.07, 6.45) is 2.04. The predicted molar refractivity (Wildman–Crippen MR) is 71.1 cm³/mol. The Morgan fingerprint density at radius 1 is 1.47 bits per heavy atom. The second-order valence-corrected chi connectivity index (χ2v) is 4.60. The molecule has 0 spiro atoms. The molecule has 0 saturated carbocycles. The van der Waals surface area contributed by atoms with E-state index in [1.54, 1.807) is 31.4 Å². The van der Waals surface area contributed by atoms with Crippen LogP contribution in [0.3, 0.4) is 0 Å². The first-order valence-corrected chi connectivity index (χ1v) is 6.40.